The van der Waals surface area contributed by atoms with Crippen LogP contribution in [0.5, 0.6) is 0 Å². The molecule has 2 fully saturated rings. The Morgan fingerprint density at radius 2 is 1.83 bits per heavy atom. The normalized spacial score (nSPS) is 22.1. The second kappa shape index (κ2) is 9.34. The molecule has 30 heavy (non-hydrogen) atoms. The van der Waals surface area contributed by atoms with Crippen molar-refractivity contribution in [1.82, 2.24) is 9.21 Å². The van der Waals surface area contributed by atoms with Crippen LogP contribution < -0.4 is 4.90 Å². The van der Waals surface area contributed by atoms with Crippen LogP contribution in [0, 0.1) is 5.92 Å². The van der Waals surface area contributed by atoms with Gasteiger partial charge < -0.3 is 9.64 Å². The zero-order chi connectivity index (χ0) is 21.1. The molecule has 0 aliphatic carbocycles. The van der Waals surface area contributed by atoms with Crippen LogP contribution in [-0.4, -0.2) is 76.0 Å². The summed E-state index contributed by atoms with van der Waals surface area (Å²) in [6.45, 7) is 8.18. The van der Waals surface area contributed by atoms with Crippen molar-refractivity contribution in [2.75, 3.05) is 57.4 Å². The van der Waals surface area contributed by atoms with E-state index >= 15 is 0 Å². The number of nitrogens with zero attached hydrogens (tertiary/aromatic N) is 3. The average molecular weight is 436 g/mol. The van der Waals surface area contributed by atoms with Gasteiger partial charge in [-0.15, -0.1) is 0 Å². The number of ether oxygens (including phenoxy) is 1. The minimum Gasteiger partial charge on any atom is -0.379 e. The fourth-order valence-electron chi connectivity index (χ4n) is 4.84. The summed E-state index contributed by atoms with van der Waals surface area (Å²) in [5.74, 6) is 0.595. The molecular formula is C22H33N3O4S. The molecule has 166 valence electrons. The monoisotopic (exact) mass is 435 g/mol. The number of rotatable bonds is 5. The highest BCUT2D eigenvalue weighted by atomic mass is 32.2. The van der Waals surface area contributed by atoms with Gasteiger partial charge in [0.05, 0.1) is 18.1 Å². The maximum Gasteiger partial charge on any atom is 0.243 e. The highest BCUT2D eigenvalue weighted by molar-refractivity contribution is 7.89. The highest BCUT2D eigenvalue weighted by Gasteiger charge is 2.31. The van der Waals surface area contributed by atoms with Gasteiger partial charge in [-0.2, -0.15) is 4.31 Å². The zero-order valence-corrected chi connectivity index (χ0v) is 18.7. The Morgan fingerprint density at radius 1 is 1.10 bits per heavy atom. The number of hydrogen-bond donors (Lipinski definition) is 0. The maximum absolute atomic E-state index is 13.2. The minimum absolute atomic E-state index is 0.00529. The lowest BCUT2D eigenvalue weighted by Crippen LogP contribution is -2.41. The molecule has 2 saturated heterocycles. The molecule has 0 radical (unpaired) electrons. The number of morpholine rings is 1. The summed E-state index contributed by atoms with van der Waals surface area (Å²) in [5, 5.41) is 0. The Morgan fingerprint density at radius 3 is 2.53 bits per heavy atom. The molecule has 8 heteroatoms. The molecule has 4 rings (SSSR count). The fourth-order valence-corrected chi connectivity index (χ4v) is 6.36. The molecule has 3 heterocycles. The van der Waals surface area contributed by atoms with E-state index in [9.17, 15) is 13.2 Å². The standard InChI is InChI=1S/C22H33N3O4S/c1-18(26)25-9-2-3-20-17-21(4-5-22(20)25)30(27,28)24-11-7-19(8-12-24)6-10-23-13-15-29-16-14-23/h4-5,17,19H,2-3,6-16H2,1H3. The summed E-state index contributed by atoms with van der Waals surface area (Å²) in [6.07, 6.45) is 4.66. The van der Waals surface area contributed by atoms with Gasteiger partial charge in [-0.3, -0.25) is 9.69 Å². The van der Waals surface area contributed by atoms with Crippen LogP contribution in [0.15, 0.2) is 23.1 Å². The molecular weight excluding hydrogens is 402 g/mol. The second-order valence-electron chi connectivity index (χ2n) is 8.65. The fraction of sp³-hybridized carbons (Fsp3) is 0.682. The largest absolute Gasteiger partial charge is 0.379 e. The lowest BCUT2D eigenvalue weighted by molar-refractivity contribution is -0.116. The van der Waals surface area contributed by atoms with E-state index in [1.165, 1.54) is 0 Å². The van der Waals surface area contributed by atoms with Crippen molar-refractivity contribution in [3.8, 4) is 0 Å². The van der Waals surface area contributed by atoms with Crippen molar-refractivity contribution < 1.29 is 17.9 Å². The first kappa shape index (κ1) is 21.7. The molecule has 3 aliphatic heterocycles. The minimum atomic E-state index is -3.49. The highest BCUT2D eigenvalue weighted by Crippen LogP contribution is 2.32. The van der Waals surface area contributed by atoms with Gasteiger partial charge in [0.2, 0.25) is 15.9 Å². The van der Waals surface area contributed by atoms with Crippen molar-refractivity contribution in [3.05, 3.63) is 23.8 Å². The third-order valence-corrected chi connectivity index (χ3v) is 8.61. The third-order valence-electron chi connectivity index (χ3n) is 6.72. The predicted molar refractivity (Wildman–Crippen MR) is 116 cm³/mol. The maximum atomic E-state index is 13.2. The molecule has 0 bridgehead atoms. The van der Waals surface area contributed by atoms with Crippen LogP contribution >= 0.6 is 0 Å². The van der Waals surface area contributed by atoms with E-state index in [1.807, 2.05) is 0 Å². The summed E-state index contributed by atoms with van der Waals surface area (Å²) in [7, 11) is -3.49. The van der Waals surface area contributed by atoms with Crippen LogP contribution in [0.1, 0.15) is 38.2 Å². The molecule has 1 aromatic carbocycles. The number of piperidine rings is 1. The molecule has 0 saturated carbocycles. The number of anilines is 1. The third kappa shape index (κ3) is 4.72. The Labute approximate surface area is 180 Å². The van der Waals surface area contributed by atoms with E-state index in [0.29, 0.717) is 30.4 Å². The van der Waals surface area contributed by atoms with E-state index in [0.717, 1.165) is 76.2 Å². The van der Waals surface area contributed by atoms with Gasteiger partial charge in [0.1, 0.15) is 0 Å². The Hall–Kier alpha value is -1.48. The van der Waals surface area contributed by atoms with E-state index in [4.69, 9.17) is 4.74 Å². The van der Waals surface area contributed by atoms with Gasteiger partial charge in [-0.05, 0) is 68.3 Å². The Balaban J connectivity index is 1.37. The number of fused-ring (bicyclic) bond motifs is 1. The number of hydrogen-bond acceptors (Lipinski definition) is 5. The van der Waals surface area contributed by atoms with Crippen molar-refractivity contribution >= 4 is 21.6 Å². The quantitative estimate of drug-likeness (QED) is 0.709. The van der Waals surface area contributed by atoms with Gasteiger partial charge in [0.25, 0.3) is 0 Å². The van der Waals surface area contributed by atoms with Crippen molar-refractivity contribution in [2.24, 2.45) is 5.92 Å². The number of aryl methyl sites for hydroxylation is 1. The first-order valence-electron chi connectivity index (χ1n) is 11.2. The molecule has 0 spiro atoms. The summed E-state index contributed by atoms with van der Waals surface area (Å²) in [6, 6.07) is 5.25. The lowest BCUT2D eigenvalue weighted by atomic mass is 9.94. The summed E-state index contributed by atoms with van der Waals surface area (Å²) < 4.78 is 33.5. The molecule has 3 aliphatic rings. The topological polar surface area (TPSA) is 70.2 Å². The SMILES string of the molecule is CC(=O)N1CCCc2cc(S(=O)(=O)N3CCC(CCN4CCOCC4)CC3)ccc21. The number of carbonyl (C=O) groups excluding carboxylic acids is 1. The summed E-state index contributed by atoms with van der Waals surface area (Å²) >= 11 is 0. The first-order chi connectivity index (χ1) is 14.4. The number of sulfonamides is 1. The molecule has 0 aromatic heterocycles. The summed E-state index contributed by atoms with van der Waals surface area (Å²) in [5.41, 5.74) is 1.81. The Kier molecular flexibility index (Phi) is 6.77. The van der Waals surface area contributed by atoms with E-state index in [1.54, 1.807) is 34.3 Å². The average Bonchev–Trinajstić information content (AvgIpc) is 2.77. The molecule has 7 nitrogen and oxygen atoms in total. The molecule has 1 aromatic rings. The molecule has 0 atom stereocenters. The van der Waals surface area contributed by atoms with E-state index in [-0.39, 0.29) is 5.91 Å². The van der Waals surface area contributed by atoms with Gasteiger partial charge in [0.15, 0.2) is 0 Å². The van der Waals surface area contributed by atoms with Gasteiger partial charge >= 0.3 is 0 Å². The Bertz CT molecular complexity index is 859. The lowest BCUT2D eigenvalue weighted by Gasteiger charge is -2.34. The first-order valence-corrected chi connectivity index (χ1v) is 12.6. The number of benzene rings is 1. The van der Waals surface area contributed by atoms with Crippen LogP contribution in [0.4, 0.5) is 5.69 Å². The summed E-state index contributed by atoms with van der Waals surface area (Å²) in [4.78, 5) is 16.4. The van der Waals surface area contributed by atoms with E-state index in [2.05, 4.69) is 4.90 Å². The van der Waals surface area contributed by atoms with Crippen LogP contribution in [-0.2, 0) is 26.0 Å². The van der Waals surface area contributed by atoms with Gasteiger partial charge in [-0.1, -0.05) is 0 Å². The van der Waals surface area contributed by atoms with Crippen molar-refractivity contribution in [2.45, 2.75) is 43.9 Å². The number of amides is 1. The van der Waals surface area contributed by atoms with Gasteiger partial charge in [-0.25, -0.2) is 8.42 Å². The molecule has 1 amide bonds. The molecule has 0 unspecified atom stereocenters. The van der Waals surface area contributed by atoms with Crippen molar-refractivity contribution in [3.63, 3.8) is 0 Å². The smallest absolute Gasteiger partial charge is 0.243 e. The van der Waals surface area contributed by atoms with Gasteiger partial charge in [0, 0.05) is 45.3 Å². The number of carbonyl (C=O) groups is 1. The van der Waals surface area contributed by atoms with E-state index < -0.39 is 10.0 Å². The van der Waals surface area contributed by atoms with Crippen LogP contribution in [0.2, 0.25) is 0 Å². The predicted octanol–water partition coefficient (Wildman–Crippen LogP) is 2.11. The van der Waals surface area contributed by atoms with Crippen LogP contribution in [0.3, 0.4) is 0 Å². The van der Waals surface area contributed by atoms with Crippen LogP contribution in [0.25, 0.3) is 0 Å². The van der Waals surface area contributed by atoms with Crippen molar-refractivity contribution in [1.29, 1.82) is 0 Å². The second-order valence-corrected chi connectivity index (χ2v) is 10.6. The zero-order valence-electron chi connectivity index (χ0n) is 17.9. The molecule has 0 N–H and O–H groups in total.